The van der Waals surface area contributed by atoms with E-state index in [-0.39, 0.29) is 18.0 Å². The van der Waals surface area contributed by atoms with Crippen LogP contribution < -0.4 is 0 Å². The summed E-state index contributed by atoms with van der Waals surface area (Å²) in [6.07, 6.45) is 0.670. The third-order valence-electron chi connectivity index (χ3n) is 4.38. The van der Waals surface area contributed by atoms with Gasteiger partial charge in [-0.1, -0.05) is 35.3 Å². The van der Waals surface area contributed by atoms with Crippen LogP contribution >= 0.6 is 23.2 Å². The first kappa shape index (κ1) is 17.7. The molecule has 0 amide bonds. The largest absolute Gasteiger partial charge is 0.385 e. The third-order valence-corrected chi connectivity index (χ3v) is 6.80. The van der Waals surface area contributed by atoms with E-state index in [1.165, 1.54) is 16.4 Å². The van der Waals surface area contributed by atoms with Crippen LogP contribution in [-0.4, -0.2) is 30.9 Å². The third kappa shape index (κ3) is 3.46. The molecule has 1 saturated heterocycles. The second-order valence-corrected chi connectivity index (χ2v) is 8.71. The van der Waals surface area contributed by atoms with Crippen molar-refractivity contribution in [3.05, 3.63) is 64.1 Å². The minimum atomic E-state index is -3.58. The number of rotatable bonds is 3. The number of hydrogen-bond donors (Lipinski definition) is 1. The summed E-state index contributed by atoms with van der Waals surface area (Å²) in [6.45, 7) is 0.508. The minimum absolute atomic E-state index is 0.212. The fourth-order valence-electron chi connectivity index (χ4n) is 2.90. The molecule has 2 aromatic rings. The van der Waals surface area contributed by atoms with Crippen molar-refractivity contribution in [2.24, 2.45) is 0 Å². The highest BCUT2D eigenvalue weighted by atomic mass is 35.5. The fourth-order valence-corrected chi connectivity index (χ4v) is 4.59. The lowest BCUT2D eigenvalue weighted by Crippen LogP contribution is -2.45. The molecule has 1 heterocycles. The van der Waals surface area contributed by atoms with Crippen LogP contribution in [0.2, 0.25) is 10.0 Å². The van der Waals surface area contributed by atoms with Crippen LogP contribution in [0.4, 0.5) is 0 Å². The van der Waals surface area contributed by atoms with E-state index in [1.807, 2.05) is 0 Å². The summed E-state index contributed by atoms with van der Waals surface area (Å²) in [5.74, 6) is 0. The lowest BCUT2D eigenvalue weighted by Gasteiger charge is -2.37. The summed E-state index contributed by atoms with van der Waals surface area (Å²) in [5.41, 5.74) is -0.271. The standard InChI is InChI=1S/C17H17Cl2NO3S/c18-14-3-1-13(2-4-14)17(21)9-11-20(12-10-17)24(22,23)16-7-5-15(19)6-8-16/h1-8,21H,9-12H2. The van der Waals surface area contributed by atoms with E-state index in [4.69, 9.17) is 23.2 Å². The highest BCUT2D eigenvalue weighted by molar-refractivity contribution is 7.89. The summed E-state index contributed by atoms with van der Waals surface area (Å²) in [7, 11) is -3.58. The Morgan fingerprint density at radius 3 is 1.83 bits per heavy atom. The first-order valence-electron chi connectivity index (χ1n) is 7.55. The number of halogens is 2. The number of benzene rings is 2. The van der Waals surface area contributed by atoms with Gasteiger partial charge in [0.25, 0.3) is 0 Å². The predicted octanol–water partition coefficient (Wildman–Crippen LogP) is 3.67. The first-order chi connectivity index (χ1) is 11.3. The van der Waals surface area contributed by atoms with Crippen LogP contribution in [0.15, 0.2) is 53.4 Å². The fraction of sp³-hybridized carbons (Fsp3) is 0.294. The minimum Gasteiger partial charge on any atom is -0.385 e. The van der Waals surface area contributed by atoms with Crippen LogP contribution in [0.3, 0.4) is 0 Å². The van der Waals surface area contributed by atoms with Crippen LogP contribution in [0.5, 0.6) is 0 Å². The maximum atomic E-state index is 12.7. The van der Waals surface area contributed by atoms with Gasteiger partial charge in [-0.2, -0.15) is 4.31 Å². The Kier molecular flexibility index (Phi) is 4.91. The van der Waals surface area contributed by atoms with Gasteiger partial charge in [0.2, 0.25) is 10.0 Å². The molecule has 0 aromatic heterocycles. The number of piperidine rings is 1. The number of sulfonamides is 1. The molecule has 24 heavy (non-hydrogen) atoms. The van der Waals surface area contributed by atoms with Crippen molar-refractivity contribution in [3.63, 3.8) is 0 Å². The van der Waals surface area contributed by atoms with E-state index in [1.54, 1.807) is 36.4 Å². The van der Waals surface area contributed by atoms with Crippen molar-refractivity contribution in [1.82, 2.24) is 4.31 Å². The van der Waals surface area contributed by atoms with Crippen molar-refractivity contribution in [2.75, 3.05) is 13.1 Å². The highest BCUT2D eigenvalue weighted by Crippen LogP contribution is 2.35. The molecule has 4 nitrogen and oxygen atoms in total. The normalized spacial score (nSPS) is 18.5. The monoisotopic (exact) mass is 385 g/mol. The van der Waals surface area contributed by atoms with Gasteiger partial charge in [-0.3, -0.25) is 0 Å². The Hall–Kier alpha value is -1.11. The quantitative estimate of drug-likeness (QED) is 0.876. The molecule has 128 valence electrons. The maximum Gasteiger partial charge on any atom is 0.243 e. The molecule has 1 aliphatic heterocycles. The van der Waals surface area contributed by atoms with Gasteiger partial charge in [0.05, 0.1) is 10.5 Å². The molecule has 0 radical (unpaired) electrons. The number of hydrogen-bond acceptors (Lipinski definition) is 3. The molecule has 0 unspecified atom stereocenters. The summed E-state index contributed by atoms with van der Waals surface area (Å²) in [4.78, 5) is 0.212. The molecular weight excluding hydrogens is 369 g/mol. The molecular formula is C17H17Cl2NO3S. The zero-order chi connectivity index (χ0) is 17.4. The van der Waals surface area contributed by atoms with Crippen LogP contribution in [0, 0.1) is 0 Å². The molecule has 0 saturated carbocycles. The van der Waals surface area contributed by atoms with Gasteiger partial charge in [-0.15, -0.1) is 0 Å². The molecule has 1 aliphatic rings. The molecule has 0 aliphatic carbocycles. The highest BCUT2D eigenvalue weighted by Gasteiger charge is 2.38. The number of aliphatic hydroxyl groups is 1. The first-order valence-corrected chi connectivity index (χ1v) is 9.75. The second kappa shape index (κ2) is 6.65. The summed E-state index contributed by atoms with van der Waals surface area (Å²) in [6, 6.07) is 13.1. The molecule has 7 heteroatoms. The smallest absolute Gasteiger partial charge is 0.243 e. The van der Waals surface area contributed by atoms with Gasteiger partial charge < -0.3 is 5.11 Å². The molecule has 0 atom stereocenters. The summed E-state index contributed by atoms with van der Waals surface area (Å²) in [5, 5.41) is 11.9. The van der Waals surface area contributed by atoms with E-state index in [0.29, 0.717) is 22.9 Å². The Bertz CT molecular complexity index is 812. The van der Waals surface area contributed by atoms with Crippen molar-refractivity contribution in [1.29, 1.82) is 0 Å². The SMILES string of the molecule is O=S(=O)(c1ccc(Cl)cc1)N1CCC(O)(c2ccc(Cl)cc2)CC1. The van der Waals surface area contributed by atoms with E-state index in [0.717, 1.165) is 5.56 Å². The van der Waals surface area contributed by atoms with Crippen molar-refractivity contribution < 1.29 is 13.5 Å². The maximum absolute atomic E-state index is 12.7. The van der Waals surface area contributed by atoms with Crippen molar-refractivity contribution in [3.8, 4) is 0 Å². The van der Waals surface area contributed by atoms with Crippen molar-refractivity contribution in [2.45, 2.75) is 23.3 Å². The molecule has 0 spiro atoms. The summed E-state index contributed by atoms with van der Waals surface area (Å²) >= 11 is 11.7. The van der Waals surface area contributed by atoms with Crippen LogP contribution in [0.25, 0.3) is 0 Å². The average Bonchev–Trinajstić information content (AvgIpc) is 2.56. The van der Waals surface area contributed by atoms with Crippen LogP contribution in [0.1, 0.15) is 18.4 Å². The topological polar surface area (TPSA) is 57.6 Å². The van der Waals surface area contributed by atoms with Gasteiger partial charge in [0.1, 0.15) is 0 Å². The van der Waals surface area contributed by atoms with E-state index >= 15 is 0 Å². The Morgan fingerprint density at radius 2 is 1.33 bits per heavy atom. The lowest BCUT2D eigenvalue weighted by atomic mass is 9.85. The van der Waals surface area contributed by atoms with Gasteiger partial charge in [-0.05, 0) is 54.8 Å². The second-order valence-electron chi connectivity index (χ2n) is 5.90. The van der Waals surface area contributed by atoms with Gasteiger partial charge >= 0.3 is 0 Å². The Labute approximate surface area is 151 Å². The Balaban J connectivity index is 1.76. The zero-order valence-corrected chi connectivity index (χ0v) is 15.2. The number of nitrogens with zero attached hydrogens (tertiary/aromatic N) is 1. The predicted molar refractivity (Wildman–Crippen MR) is 94.8 cm³/mol. The van der Waals surface area contributed by atoms with Crippen LogP contribution in [-0.2, 0) is 15.6 Å². The lowest BCUT2D eigenvalue weighted by molar-refractivity contribution is -0.00961. The van der Waals surface area contributed by atoms with E-state index < -0.39 is 15.6 Å². The average molecular weight is 386 g/mol. The van der Waals surface area contributed by atoms with Gasteiger partial charge in [0.15, 0.2) is 0 Å². The van der Waals surface area contributed by atoms with Gasteiger partial charge in [-0.25, -0.2) is 8.42 Å². The van der Waals surface area contributed by atoms with E-state index in [9.17, 15) is 13.5 Å². The molecule has 3 rings (SSSR count). The zero-order valence-electron chi connectivity index (χ0n) is 12.8. The van der Waals surface area contributed by atoms with Gasteiger partial charge in [0, 0.05) is 23.1 Å². The molecule has 1 fully saturated rings. The molecule has 1 N–H and O–H groups in total. The van der Waals surface area contributed by atoms with E-state index in [2.05, 4.69) is 0 Å². The molecule has 0 bridgehead atoms. The van der Waals surface area contributed by atoms with Crippen molar-refractivity contribution >= 4 is 33.2 Å². The Morgan fingerprint density at radius 1 is 0.875 bits per heavy atom. The molecule has 2 aromatic carbocycles. The summed E-state index contributed by atoms with van der Waals surface area (Å²) < 4.78 is 26.8.